The Hall–Kier alpha value is -1.60. The lowest BCUT2D eigenvalue weighted by Gasteiger charge is -2.43. The van der Waals surface area contributed by atoms with Crippen molar-refractivity contribution in [3.05, 3.63) is 17.7 Å². The Morgan fingerprint density at radius 2 is 2.08 bits per heavy atom. The lowest BCUT2D eigenvalue weighted by atomic mass is 9.81. The number of morpholine rings is 1. The maximum atomic E-state index is 12.8. The summed E-state index contributed by atoms with van der Waals surface area (Å²) in [4.78, 5) is 24.4. The van der Waals surface area contributed by atoms with Crippen molar-refractivity contribution in [1.82, 2.24) is 25.1 Å². The second kappa shape index (κ2) is 8.19. The first-order valence-electron chi connectivity index (χ1n) is 9.40. The molecule has 25 heavy (non-hydrogen) atoms. The van der Waals surface area contributed by atoms with Crippen LogP contribution in [0.25, 0.3) is 0 Å². The maximum Gasteiger partial charge on any atom is 0.318 e. The van der Waals surface area contributed by atoms with Crippen molar-refractivity contribution in [2.45, 2.75) is 51.1 Å². The van der Waals surface area contributed by atoms with Crippen LogP contribution in [0.5, 0.6) is 0 Å². The molecule has 7 nitrogen and oxygen atoms in total. The van der Waals surface area contributed by atoms with Crippen LogP contribution in [0.4, 0.5) is 4.79 Å². The van der Waals surface area contributed by atoms with Gasteiger partial charge in [0.1, 0.15) is 5.82 Å². The third-order valence-corrected chi connectivity index (χ3v) is 5.30. The summed E-state index contributed by atoms with van der Waals surface area (Å²) in [7, 11) is 1.83. The van der Waals surface area contributed by atoms with Gasteiger partial charge >= 0.3 is 6.03 Å². The number of nitrogens with one attached hydrogen (secondary N) is 2. The zero-order valence-electron chi connectivity index (χ0n) is 15.5. The van der Waals surface area contributed by atoms with Crippen molar-refractivity contribution in [1.29, 1.82) is 0 Å². The van der Waals surface area contributed by atoms with Crippen molar-refractivity contribution in [2.75, 3.05) is 39.9 Å². The van der Waals surface area contributed by atoms with Crippen molar-refractivity contribution in [3.8, 4) is 0 Å². The van der Waals surface area contributed by atoms with E-state index in [-0.39, 0.29) is 11.6 Å². The molecule has 0 unspecified atom stereocenters. The molecule has 1 aliphatic heterocycles. The monoisotopic (exact) mass is 349 g/mol. The Morgan fingerprint density at radius 1 is 1.36 bits per heavy atom. The first-order valence-corrected chi connectivity index (χ1v) is 9.40. The normalized spacial score (nSPS) is 21.0. The second-order valence-corrected chi connectivity index (χ2v) is 7.53. The standard InChI is InChI=1S/C18H31N5O2/c1-15-12-19-16(20-15)13-22(2)17(24)21-18(6-4-3-5-7-18)14-23-8-10-25-11-9-23/h12H,3-11,13-14H2,1-2H3,(H,19,20)(H,21,24). The van der Waals surface area contributed by atoms with E-state index in [1.165, 1.54) is 19.3 Å². The van der Waals surface area contributed by atoms with Crippen LogP contribution in [0, 0.1) is 6.92 Å². The molecule has 7 heteroatoms. The number of carbonyl (C=O) groups excluding carboxylic acids is 1. The molecule has 1 aromatic heterocycles. The molecule has 3 rings (SSSR count). The number of aromatic nitrogens is 2. The Bertz CT molecular complexity index is 562. The number of hydrogen-bond donors (Lipinski definition) is 2. The Morgan fingerprint density at radius 3 is 2.72 bits per heavy atom. The quantitative estimate of drug-likeness (QED) is 0.851. The van der Waals surface area contributed by atoms with Crippen molar-refractivity contribution >= 4 is 6.03 Å². The summed E-state index contributed by atoms with van der Waals surface area (Å²) >= 11 is 0. The van der Waals surface area contributed by atoms with Gasteiger partial charge in [0.25, 0.3) is 0 Å². The molecule has 0 aromatic carbocycles. The largest absolute Gasteiger partial charge is 0.379 e. The maximum absolute atomic E-state index is 12.8. The third kappa shape index (κ3) is 4.95. The van der Waals surface area contributed by atoms with Crippen LogP contribution >= 0.6 is 0 Å². The predicted octanol–water partition coefficient (Wildman–Crippen LogP) is 1.89. The molecule has 1 saturated heterocycles. The smallest absolute Gasteiger partial charge is 0.318 e. The van der Waals surface area contributed by atoms with E-state index in [1.807, 2.05) is 14.0 Å². The van der Waals surface area contributed by atoms with E-state index < -0.39 is 0 Å². The predicted molar refractivity (Wildman–Crippen MR) is 96.4 cm³/mol. The molecular formula is C18H31N5O2. The fraction of sp³-hybridized carbons (Fsp3) is 0.778. The fourth-order valence-electron chi connectivity index (χ4n) is 3.90. The number of nitrogens with zero attached hydrogens (tertiary/aromatic N) is 3. The number of aromatic amines is 1. The van der Waals surface area contributed by atoms with Crippen molar-refractivity contribution < 1.29 is 9.53 Å². The molecule has 0 radical (unpaired) electrons. The zero-order chi connectivity index (χ0) is 17.7. The van der Waals surface area contributed by atoms with E-state index >= 15 is 0 Å². The second-order valence-electron chi connectivity index (χ2n) is 7.53. The van der Waals surface area contributed by atoms with Gasteiger partial charge in [-0.25, -0.2) is 9.78 Å². The molecule has 1 saturated carbocycles. The summed E-state index contributed by atoms with van der Waals surface area (Å²) in [6, 6.07) is -0.00999. The molecule has 2 N–H and O–H groups in total. The van der Waals surface area contributed by atoms with Crippen LogP contribution in [0.15, 0.2) is 6.20 Å². The summed E-state index contributed by atoms with van der Waals surface area (Å²) in [5.74, 6) is 0.820. The first-order chi connectivity index (χ1) is 12.1. The summed E-state index contributed by atoms with van der Waals surface area (Å²) < 4.78 is 5.46. The van der Waals surface area contributed by atoms with Crippen molar-refractivity contribution in [3.63, 3.8) is 0 Å². The third-order valence-electron chi connectivity index (χ3n) is 5.30. The Kier molecular flexibility index (Phi) is 5.96. The molecule has 0 spiro atoms. The van der Waals surface area contributed by atoms with Gasteiger partial charge in [-0.05, 0) is 19.8 Å². The van der Waals surface area contributed by atoms with Crippen molar-refractivity contribution in [2.24, 2.45) is 0 Å². The number of rotatable bonds is 5. The molecule has 2 aliphatic rings. The van der Waals surface area contributed by atoms with Gasteiger partial charge in [-0.15, -0.1) is 0 Å². The minimum Gasteiger partial charge on any atom is -0.379 e. The highest BCUT2D eigenvalue weighted by atomic mass is 16.5. The van der Waals surface area contributed by atoms with Gasteiger partial charge < -0.3 is 19.9 Å². The van der Waals surface area contributed by atoms with E-state index in [2.05, 4.69) is 20.2 Å². The minimum atomic E-state index is -0.111. The van der Waals surface area contributed by atoms with Gasteiger partial charge in [0.05, 0.1) is 25.3 Å². The van der Waals surface area contributed by atoms with Crippen LogP contribution in [-0.4, -0.2) is 71.2 Å². The van der Waals surface area contributed by atoms with E-state index in [4.69, 9.17) is 4.74 Å². The molecular weight excluding hydrogens is 318 g/mol. The SMILES string of the molecule is Cc1cnc(CN(C)C(=O)NC2(CN3CCOCC3)CCCCC2)[nH]1. The summed E-state index contributed by atoms with van der Waals surface area (Å²) in [5.41, 5.74) is 0.903. The molecule has 0 bridgehead atoms. The minimum absolute atomic E-state index is 0.00999. The number of carbonyl (C=O) groups is 1. The fourth-order valence-corrected chi connectivity index (χ4v) is 3.90. The molecule has 1 aromatic rings. The van der Waals surface area contributed by atoms with Gasteiger partial charge in [0.15, 0.2) is 0 Å². The Balaban J connectivity index is 1.61. The highest BCUT2D eigenvalue weighted by Crippen LogP contribution is 2.29. The highest BCUT2D eigenvalue weighted by molar-refractivity contribution is 5.74. The molecule has 2 amide bonds. The lowest BCUT2D eigenvalue weighted by Crippen LogP contribution is -2.60. The number of amides is 2. The van der Waals surface area contributed by atoms with E-state index in [1.54, 1.807) is 11.1 Å². The van der Waals surface area contributed by atoms with Gasteiger partial charge in [0, 0.05) is 38.6 Å². The summed E-state index contributed by atoms with van der Waals surface area (Å²) in [5, 5.41) is 3.37. The lowest BCUT2D eigenvalue weighted by molar-refractivity contribution is 0.0191. The highest BCUT2D eigenvalue weighted by Gasteiger charge is 2.36. The van der Waals surface area contributed by atoms with Crippen LogP contribution in [0.3, 0.4) is 0 Å². The van der Waals surface area contributed by atoms with E-state index in [0.29, 0.717) is 6.54 Å². The van der Waals surface area contributed by atoms with Gasteiger partial charge in [-0.1, -0.05) is 19.3 Å². The van der Waals surface area contributed by atoms with Crippen LogP contribution in [-0.2, 0) is 11.3 Å². The van der Waals surface area contributed by atoms with Crippen LogP contribution in [0.1, 0.15) is 43.6 Å². The summed E-state index contributed by atoms with van der Waals surface area (Å²) in [6.07, 6.45) is 7.55. The van der Waals surface area contributed by atoms with E-state index in [9.17, 15) is 4.79 Å². The topological polar surface area (TPSA) is 73.5 Å². The van der Waals surface area contributed by atoms with Crippen LogP contribution in [0.2, 0.25) is 0 Å². The number of H-pyrrole nitrogens is 1. The van der Waals surface area contributed by atoms with Crippen LogP contribution < -0.4 is 5.32 Å². The zero-order valence-corrected chi connectivity index (χ0v) is 15.5. The number of urea groups is 1. The van der Waals surface area contributed by atoms with E-state index in [0.717, 1.165) is 57.2 Å². The number of ether oxygens (including phenoxy) is 1. The average molecular weight is 349 g/mol. The number of aryl methyl sites for hydroxylation is 1. The van der Waals surface area contributed by atoms with Gasteiger partial charge in [0.2, 0.25) is 0 Å². The molecule has 2 fully saturated rings. The molecule has 140 valence electrons. The first kappa shape index (κ1) is 18.2. The number of imidazole rings is 1. The molecule has 0 atom stereocenters. The number of hydrogen-bond acceptors (Lipinski definition) is 4. The van der Waals surface area contributed by atoms with Gasteiger partial charge in [-0.2, -0.15) is 0 Å². The Labute approximate surface area is 150 Å². The summed E-state index contributed by atoms with van der Waals surface area (Å²) in [6.45, 7) is 6.89. The molecule has 1 aliphatic carbocycles. The molecule has 2 heterocycles. The van der Waals surface area contributed by atoms with Gasteiger partial charge in [-0.3, -0.25) is 4.90 Å². The average Bonchev–Trinajstić information content (AvgIpc) is 3.01.